The molecule has 11 aromatic carbocycles. The highest BCUT2D eigenvalue weighted by molar-refractivity contribution is 7.20. The summed E-state index contributed by atoms with van der Waals surface area (Å²) in [4.78, 5) is 0. The number of fused-ring (bicyclic) bond motifs is 9. The zero-order chi connectivity index (χ0) is 46.2. The minimum atomic E-state index is -3.11. The normalized spacial score (nSPS) is 12.0. The number of aromatic nitrogens is 3. The third-order valence-corrected chi connectivity index (χ3v) is 19.6. The van der Waals surface area contributed by atoms with Crippen molar-refractivity contribution in [1.82, 2.24) is 13.7 Å². The van der Waals surface area contributed by atoms with Gasteiger partial charge in [0.2, 0.25) is 0 Å². The van der Waals surface area contributed by atoms with E-state index in [9.17, 15) is 0 Å². The number of para-hydroxylation sites is 4. The smallest absolute Gasteiger partial charge is 0.181 e. The first kappa shape index (κ1) is 40.1. The predicted molar refractivity (Wildman–Crippen MR) is 299 cm³/mol. The van der Waals surface area contributed by atoms with Gasteiger partial charge >= 0.3 is 0 Å². The fourth-order valence-corrected chi connectivity index (χ4v) is 16.8. The van der Waals surface area contributed by atoms with Crippen molar-refractivity contribution in [3.8, 4) is 28.2 Å². The first-order chi connectivity index (χ1) is 34.8. The lowest BCUT2D eigenvalue weighted by molar-refractivity contribution is 1.15. The van der Waals surface area contributed by atoms with E-state index in [1.165, 1.54) is 91.9 Å². The van der Waals surface area contributed by atoms with Crippen molar-refractivity contribution in [2.45, 2.75) is 0 Å². The van der Waals surface area contributed by atoms with E-state index >= 15 is 0 Å². The quantitative estimate of drug-likeness (QED) is 0.107. The summed E-state index contributed by atoms with van der Waals surface area (Å²) in [6.07, 6.45) is 0. The van der Waals surface area contributed by atoms with E-state index in [1.807, 2.05) is 0 Å². The Hall–Kier alpha value is -8.96. The SMILES string of the molecule is c1ccc(-c2ccc(-n3c4ccccc4c4ccc(-n5c6ccccc6c6c(-n7c8ccccc8c8ccccc87)c([Si](c7ccccc7)(c7ccccc7)c7ccccc7)ccc65)cc43)cc2)cc1. The Balaban J connectivity index is 1.12. The van der Waals surface area contributed by atoms with Crippen molar-refractivity contribution in [3.63, 3.8) is 0 Å². The molecule has 0 N–H and O–H groups in total. The molecule has 0 saturated carbocycles. The van der Waals surface area contributed by atoms with Gasteiger partial charge in [0.1, 0.15) is 0 Å². The largest absolute Gasteiger partial charge is 0.309 e. The third-order valence-electron chi connectivity index (χ3n) is 14.8. The van der Waals surface area contributed by atoms with Crippen LogP contribution in [0.15, 0.2) is 273 Å². The van der Waals surface area contributed by atoms with E-state index in [-0.39, 0.29) is 0 Å². The van der Waals surface area contributed by atoms with E-state index in [2.05, 4.69) is 287 Å². The molecule has 0 unspecified atom stereocenters. The summed E-state index contributed by atoms with van der Waals surface area (Å²) in [5, 5.41) is 12.8. The first-order valence-electron chi connectivity index (χ1n) is 24.2. The lowest BCUT2D eigenvalue weighted by Gasteiger charge is -2.36. The highest BCUT2D eigenvalue weighted by atomic mass is 28.3. The second-order valence-electron chi connectivity index (χ2n) is 18.4. The average molecular weight is 908 g/mol. The Morgan fingerprint density at radius 1 is 0.243 bits per heavy atom. The molecule has 3 nitrogen and oxygen atoms in total. The van der Waals surface area contributed by atoms with Crippen molar-refractivity contribution in [2.24, 2.45) is 0 Å². The van der Waals surface area contributed by atoms with Gasteiger partial charge in [-0.05, 0) is 86.5 Å². The van der Waals surface area contributed by atoms with Crippen molar-refractivity contribution in [1.29, 1.82) is 0 Å². The number of benzene rings is 11. The Kier molecular flexibility index (Phi) is 9.23. The molecular formula is C66H45N3Si. The van der Waals surface area contributed by atoms with Gasteiger partial charge in [0.25, 0.3) is 0 Å². The van der Waals surface area contributed by atoms with Crippen LogP contribution >= 0.6 is 0 Å². The fourth-order valence-electron chi connectivity index (χ4n) is 11.9. The van der Waals surface area contributed by atoms with Gasteiger partial charge in [-0.25, -0.2) is 0 Å². The minimum Gasteiger partial charge on any atom is -0.309 e. The first-order valence-corrected chi connectivity index (χ1v) is 26.2. The van der Waals surface area contributed by atoms with E-state index in [0.717, 1.165) is 22.4 Å². The van der Waals surface area contributed by atoms with Gasteiger partial charge in [-0.1, -0.05) is 218 Å². The van der Waals surface area contributed by atoms with Crippen LogP contribution in [0.1, 0.15) is 0 Å². The molecule has 0 saturated heterocycles. The maximum Gasteiger partial charge on any atom is 0.181 e. The van der Waals surface area contributed by atoms with E-state index in [0.29, 0.717) is 0 Å². The van der Waals surface area contributed by atoms with Crippen LogP contribution in [0, 0.1) is 0 Å². The highest BCUT2D eigenvalue weighted by Gasteiger charge is 2.44. The van der Waals surface area contributed by atoms with Gasteiger partial charge in [0.15, 0.2) is 8.07 Å². The summed E-state index contributed by atoms with van der Waals surface area (Å²) in [7, 11) is -3.11. The number of hydrogen-bond acceptors (Lipinski definition) is 0. The molecule has 0 aliphatic heterocycles. The van der Waals surface area contributed by atoms with Gasteiger partial charge in [-0.2, -0.15) is 0 Å². The van der Waals surface area contributed by atoms with E-state index < -0.39 is 8.07 Å². The van der Waals surface area contributed by atoms with Crippen LogP contribution in [0.25, 0.3) is 93.6 Å². The molecular weight excluding hydrogens is 863 g/mol. The molecule has 3 heterocycles. The van der Waals surface area contributed by atoms with Crippen LogP contribution in [-0.4, -0.2) is 21.8 Å². The van der Waals surface area contributed by atoms with Crippen LogP contribution in [0.4, 0.5) is 0 Å². The molecule has 0 aliphatic rings. The summed E-state index contributed by atoms with van der Waals surface area (Å²) < 4.78 is 7.57. The molecule has 70 heavy (non-hydrogen) atoms. The molecule has 3 aromatic heterocycles. The lowest BCUT2D eigenvalue weighted by atomic mass is 10.1. The van der Waals surface area contributed by atoms with Crippen molar-refractivity contribution in [2.75, 3.05) is 0 Å². The molecule has 0 aliphatic carbocycles. The number of rotatable bonds is 8. The predicted octanol–water partition coefficient (Wildman–Crippen LogP) is 14.0. The van der Waals surface area contributed by atoms with Crippen LogP contribution in [0.2, 0.25) is 0 Å². The molecule has 0 fully saturated rings. The minimum absolute atomic E-state index is 1.11. The zero-order valence-corrected chi connectivity index (χ0v) is 39.3. The monoisotopic (exact) mass is 907 g/mol. The Bertz CT molecular complexity index is 4110. The molecule has 0 spiro atoms. The summed E-state index contributed by atoms with van der Waals surface area (Å²) >= 11 is 0. The summed E-state index contributed by atoms with van der Waals surface area (Å²) in [5.74, 6) is 0. The average Bonchev–Trinajstić information content (AvgIpc) is 4.08. The molecule has 328 valence electrons. The summed E-state index contributed by atoms with van der Waals surface area (Å²) in [6, 6.07) is 102. The van der Waals surface area contributed by atoms with Gasteiger partial charge in [0, 0.05) is 43.7 Å². The molecule has 0 amide bonds. The Labute approximate surface area is 407 Å². The maximum absolute atomic E-state index is 3.11. The number of nitrogens with zero attached hydrogens (tertiary/aromatic N) is 3. The molecule has 14 aromatic rings. The van der Waals surface area contributed by atoms with Crippen molar-refractivity contribution >= 4 is 94.2 Å². The molecule has 0 bridgehead atoms. The molecule has 4 heteroatoms. The molecule has 14 rings (SSSR count). The third kappa shape index (κ3) is 5.94. The van der Waals surface area contributed by atoms with Gasteiger partial charge in [0.05, 0.1) is 38.8 Å². The summed E-state index contributed by atoms with van der Waals surface area (Å²) in [5.41, 5.74) is 12.9. The molecule has 0 radical (unpaired) electrons. The van der Waals surface area contributed by atoms with Gasteiger partial charge < -0.3 is 13.7 Å². The lowest BCUT2D eigenvalue weighted by Crippen LogP contribution is -2.75. The maximum atomic E-state index is 2.61. The second-order valence-corrected chi connectivity index (χ2v) is 22.2. The van der Waals surface area contributed by atoms with Crippen LogP contribution in [0.3, 0.4) is 0 Å². The standard InChI is InChI=1S/C66H45N3Si/c1-5-21-46(22-6-1)47-37-39-48(40-38-47)67-58-33-17-13-31-55(58)56-42-41-49(45-63(56)67)68-61-36-20-16-32-57(61)65-62(68)43-44-64(66(65)69-59-34-18-14-29-53(59)54-30-15-19-35-60(54)69)70(50-23-7-2-8-24-50,51-25-9-3-10-26-51)52-27-11-4-12-28-52/h1-45H. The van der Waals surface area contributed by atoms with Gasteiger partial charge in [-0.3, -0.25) is 0 Å². The van der Waals surface area contributed by atoms with E-state index in [4.69, 9.17) is 0 Å². The summed E-state index contributed by atoms with van der Waals surface area (Å²) in [6.45, 7) is 0. The van der Waals surface area contributed by atoms with Crippen LogP contribution < -0.4 is 20.7 Å². The van der Waals surface area contributed by atoms with Crippen LogP contribution in [-0.2, 0) is 0 Å². The molecule has 0 atom stereocenters. The van der Waals surface area contributed by atoms with Gasteiger partial charge in [-0.15, -0.1) is 0 Å². The second kappa shape index (κ2) is 16.1. The highest BCUT2D eigenvalue weighted by Crippen LogP contribution is 2.42. The number of hydrogen-bond donors (Lipinski definition) is 0. The van der Waals surface area contributed by atoms with Crippen molar-refractivity contribution < 1.29 is 0 Å². The Morgan fingerprint density at radius 3 is 1.16 bits per heavy atom. The van der Waals surface area contributed by atoms with Crippen molar-refractivity contribution in [3.05, 3.63) is 273 Å². The fraction of sp³-hybridized carbons (Fsp3) is 0. The zero-order valence-electron chi connectivity index (χ0n) is 38.3. The Morgan fingerprint density at radius 2 is 0.629 bits per heavy atom. The van der Waals surface area contributed by atoms with Crippen LogP contribution in [0.5, 0.6) is 0 Å². The topological polar surface area (TPSA) is 14.8 Å². The van der Waals surface area contributed by atoms with E-state index in [1.54, 1.807) is 0 Å².